The Morgan fingerprint density at radius 1 is 1.54 bits per heavy atom. The second kappa shape index (κ2) is 3.52. The van der Waals surface area contributed by atoms with Crippen LogP contribution in [0.4, 0.5) is 0 Å². The van der Waals surface area contributed by atoms with Crippen LogP contribution in [0, 0.1) is 11.8 Å². The van der Waals surface area contributed by atoms with Gasteiger partial charge >= 0.3 is 0 Å². The van der Waals surface area contributed by atoms with E-state index in [9.17, 15) is 4.79 Å². The van der Waals surface area contributed by atoms with Gasteiger partial charge < -0.3 is 5.32 Å². The molecule has 2 aliphatic carbocycles. The first-order valence-corrected chi connectivity index (χ1v) is 5.28. The molecule has 2 aliphatic rings. The van der Waals surface area contributed by atoms with Crippen molar-refractivity contribution < 1.29 is 4.79 Å². The molecule has 1 amide bonds. The van der Waals surface area contributed by atoms with Gasteiger partial charge in [-0.25, -0.2) is 0 Å². The molecule has 0 heterocycles. The second-order valence-corrected chi connectivity index (χ2v) is 4.16. The molecule has 0 spiro atoms. The topological polar surface area (TPSA) is 29.1 Å². The van der Waals surface area contributed by atoms with Gasteiger partial charge in [0.2, 0.25) is 5.91 Å². The maximum absolute atomic E-state index is 11.3. The third-order valence-electron chi connectivity index (χ3n) is 3.18. The third-order valence-corrected chi connectivity index (χ3v) is 3.18. The number of amides is 1. The summed E-state index contributed by atoms with van der Waals surface area (Å²) < 4.78 is 0. The zero-order chi connectivity index (χ0) is 9.26. The van der Waals surface area contributed by atoms with Crippen LogP contribution in [0.3, 0.4) is 0 Å². The number of fused-ring (bicyclic) bond motifs is 1. The minimum Gasteiger partial charge on any atom is -0.350 e. The van der Waals surface area contributed by atoms with E-state index in [1.807, 2.05) is 13.0 Å². The van der Waals surface area contributed by atoms with Gasteiger partial charge in [-0.15, -0.1) is 0 Å². The van der Waals surface area contributed by atoms with Gasteiger partial charge in [-0.3, -0.25) is 4.79 Å². The van der Waals surface area contributed by atoms with Crippen LogP contribution in [0.5, 0.6) is 0 Å². The zero-order valence-electron chi connectivity index (χ0n) is 8.12. The molecule has 3 unspecified atom stereocenters. The minimum atomic E-state index is 0.0967. The number of carbonyl (C=O) groups excluding carboxylic acids is 1. The SMILES string of the molecule is CC/C=C/C(=O)NC1CCC2CC21. The van der Waals surface area contributed by atoms with Crippen molar-refractivity contribution in [1.29, 1.82) is 0 Å². The fraction of sp³-hybridized carbons (Fsp3) is 0.727. The Labute approximate surface area is 79.4 Å². The number of hydrogen-bond acceptors (Lipinski definition) is 1. The summed E-state index contributed by atoms with van der Waals surface area (Å²) in [5.74, 6) is 1.86. The van der Waals surface area contributed by atoms with E-state index in [2.05, 4.69) is 5.32 Å². The summed E-state index contributed by atoms with van der Waals surface area (Å²) in [6.07, 6.45) is 8.38. The Kier molecular flexibility index (Phi) is 2.38. The Bertz CT molecular complexity index is 234. The third kappa shape index (κ3) is 1.93. The number of nitrogens with one attached hydrogen (secondary N) is 1. The number of rotatable bonds is 3. The quantitative estimate of drug-likeness (QED) is 0.658. The molecule has 3 atom stereocenters. The van der Waals surface area contributed by atoms with Crippen LogP contribution in [0.1, 0.15) is 32.6 Å². The van der Waals surface area contributed by atoms with Gasteiger partial charge in [-0.05, 0) is 43.6 Å². The summed E-state index contributed by atoms with van der Waals surface area (Å²) >= 11 is 0. The average molecular weight is 179 g/mol. The number of hydrogen-bond donors (Lipinski definition) is 1. The number of allylic oxidation sites excluding steroid dienone is 1. The Balaban J connectivity index is 1.77. The first-order valence-electron chi connectivity index (χ1n) is 5.28. The zero-order valence-corrected chi connectivity index (χ0v) is 8.12. The van der Waals surface area contributed by atoms with Gasteiger partial charge in [0.25, 0.3) is 0 Å². The highest BCUT2D eigenvalue weighted by Crippen LogP contribution is 2.51. The summed E-state index contributed by atoms with van der Waals surface area (Å²) in [6.45, 7) is 2.04. The molecule has 2 nitrogen and oxygen atoms in total. The molecule has 0 aromatic heterocycles. The van der Waals surface area contributed by atoms with Crippen molar-refractivity contribution >= 4 is 5.91 Å². The molecule has 0 aromatic carbocycles. The molecule has 13 heavy (non-hydrogen) atoms. The van der Waals surface area contributed by atoms with Crippen LogP contribution in [0.2, 0.25) is 0 Å². The number of carbonyl (C=O) groups is 1. The molecular formula is C11H17NO. The molecule has 2 heteroatoms. The van der Waals surface area contributed by atoms with E-state index in [-0.39, 0.29) is 5.91 Å². The van der Waals surface area contributed by atoms with E-state index < -0.39 is 0 Å². The molecule has 1 N–H and O–H groups in total. The first kappa shape index (κ1) is 8.79. The van der Waals surface area contributed by atoms with Crippen LogP contribution in [0.15, 0.2) is 12.2 Å². The van der Waals surface area contributed by atoms with E-state index in [1.54, 1.807) is 6.08 Å². The van der Waals surface area contributed by atoms with E-state index in [4.69, 9.17) is 0 Å². The smallest absolute Gasteiger partial charge is 0.243 e. The second-order valence-electron chi connectivity index (χ2n) is 4.16. The normalized spacial score (nSPS) is 36.2. The van der Waals surface area contributed by atoms with Crippen molar-refractivity contribution in [2.24, 2.45) is 11.8 Å². The monoisotopic (exact) mass is 179 g/mol. The lowest BCUT2D eigenvalue weighted by Gasteiger charge is -2.11. The Hall–Kier alpha value is -0.790. The molecule has 2 saturated carbocycles. The van der Waals surface area contributed by atoms with Crippen LogP contribution < -0.4 is 5.32 Å². The summed E-state index contributed by atoms with van der Waals surface area (Å²) in [4.78, 5) is 11.3. The molecule has 0 bridgehead atoms. The highest BCUT2D eigenvalue weighted by Gasteiger charge is 2.48. The van der Waals surface area contributed by atoms with Crippen molar-refractivity contribution in [3.8, 4) is 0 Å². The summed E-state index contributed by atoms with van der Waals surface area (Å²) in [5, 5.41) is 3.08. The van der Waals surface area contributed by atoms with Crippen molar-refractivity contribution in [2.45, 2.75) is 38.6 Å². The van der Waals surface area contributed by atoms with Gasteiger partial charge in [-0.2, -0.15) is 0 Å². The van der Waals surface area contributed by atoms with E-state index in [1.165, 1.54) is 19.3 Å². The molecule has 0 radical (unpaired) electrons. The minimum absolute atomic E-state index is 0.0967. The summed E-state index contributed by atoms with van der Waals surface area (Å²) in [7, 11) is 0. The van der Waals surface area contributed by atoms with Crippen molar-refractivity contribution in [2.75, 3.05) is 0 Å². The van der Waals surface area contributed by atoms with Gasteiger partial charge in [-0.1, -0.05) is 13.0 Å². The predicted octanol–water partition coefficient (Wildman–Crippen LogP) is 1.87. The molecule has 0 aliphatic heterocycles. The van der Waals surface area contributed by atoms with Crippen LogP contribution >= 0.6 is 0 Å². The molecule has 2 rings (SSSR count). The lowest BCUT2D eigenvalue weighted by atomic mass is 10.2. The van der Waals surface area contributed by atoms with E-state index in [0.717, 1.165) is 18.3 Å². The van der Waals surface area contributed by atoms with Crippen molar-refractivity contribution in [1.82, 2.24) is 5.32 Å². The van der Waals surface area contributed by atoms with Crippen LogP contribution in [-0.4, -0.2) is 11.9 Å². The largest absolute Gasteiger partial charge is 0.350 e. The standard InChI is InChI=1S/C11H17NO/c1-2-3-4-11(13)12-10-6-5-8-7-9(8)10/h3-4,8-10H,2,5-7H2,1H3,(H,12,13)/b4-3+. The highest BCUT2D eigenvalue weighted by atomic mass is 16.1. The Morgan fingerprint density at radius 2 is 2.38 bits per heavy atom. The molecule has 0 saturated heterocycles. The average Bonchev–Trinajstić information content (AvgIpc) is 2.81. The molecule has 0 aromatic rings. The van der Waals surface area contributed by atoms with Crippen LogP contribution in [-0.2, 0) is 4.79 Å². The van der Waals surface area contributed by atoms with Crippen molar-refractivity contribution in [3.05, 3.63) is 12.2 Å². The molecule has 72 valence electrons. The van der Waals surface area contributed by atoms with Gasteiger partial charge in [0.05, 0.1) is 0 Å². The first-order chi connectivity index (χ1) is 6.31. The highest BCUT2D eigenvalue weighted by molar-refractivity contribution is 5.87. The summed E-state index contributed by atoms with van der Waals surface area (Å²) in [5.41, 5.74) is 0. The predicted molar refractivity (Wildman–Crippen MR) is 52.2 cm³/mol. The van der Waals surface area contributed by atoms with E-state index in [0.29, 0.717) is 6.04 Å². The fourth-order valence-electron chi connectivity index (χ4n) is 2.34. The molecule has 2 fully saturated rings. The lowest BCUT2D eigenvalue weighted by molar-refractivity contribution is -0.117. The van der Waals surface area contributed by atoms with E-state index >= 15 is 0 Å². The van der Waals surface area contributed by atoms with Crippen LogP contribution in [0.25, 0.3) is 0 Å². The molecular weight excluding hydrogens is 162 g/mol. The summed E-state index contributed by atoms with van der Waals surface area (Å²) in [6, 6.07) is 0.485. The van der Waals surface area contributed by atoms with Crippen molar-refractivity contribution in [3.63, 3.8) is 0 Å². The van der Waals surface area contributed by atoms with Gasteiger partial charge in [0.15, 0.2) is 0 Å². The maximum atomic E-state index is 11.3. The lowest BCUT2D eigenvalue weighted by Crippen LogP contribution is -2.33. The fourth-order valence-corrected chi connectivity index (χ4v) is 2.34. The van der Waals surface area contributed by atoms with Gasteiger partial charge in [0, 0.05) is 6.04 Å². The Morgan fingerprint density at radius 3 is 2.92 bits per heavy atom. The maximum Gasteiger partial charge on any atom is 0.243 e. The van der Waals surface area contributed by atoms with Gasteiger partial charge in [0.1, 0.15) is 0 Å².